The van der Waals surface area contributed by atoms with Crippen LogP contribution in [-0.2, 0) is 21.4 Å². The molecule has 1 N–H and O–H groups in total. The Balaban J connectivity index is 1.82. The quantitative estimate of drug-likeness (QED) is 0.548. The van der Waals surface area contributed by atoms with Crippen LogP contribution in [0.3, 0.4) is 0 Å². The monoisotopic (exact) mass is 441 g/mol. The van der Waals surface area contributed by atoms with Gasteiger partial charge >= 0.3 is 0 Å². The highest BCUT2D eigenvalue weighted by Gasteiger charge is 2.27. The number of nitrogens with one attached hydrogen (secondary N) is 1. The normalized spacial score (nSPS) is 11.2. The van der Waals surface area contributed by atoms with Gasteiger partial charge in [-0.3, -0.25) is 9.78 Å². The van der Waals surface area contributed by atoms with Gasteiger partial charge < -0.3 is 14.8 Å². The van der Waals surface area contributed by atoms with E-state index in [1.54, 1.807) is 62.8 Å². The van der Waals surface area contributed by atoms with Crippen molar-refractivity contribution in [2.45, 2.75) is 11.4 Å². The van der Waals surface area contributed by atoms with Gasteiger partial charge in [0.25, 0.3) is 0 Å². The molecule has 2 aromatic carbocycles. The number of pyridine rings is 1. The van der Waals surface area contributed by atoms with Crippen LogP contribution >= 0.6 is 0 Å². The topological polar surface area (TPSA) is 97.8 Å². The number of amides is 1. The second-order valence-electron chi connectivity index (χ2n) is 6.59. The van der Waals surface area contributed by atoms with Crippen LogP contribution in [0.1, 0.15) is 5.56 Å². The Kier molecular flexibility index (Phi) is 7.22. The van der Waals surface area contributed by atoms with E-state index < -0.39 is 15.9 Å². The fourth-order valence-electron chi connectivity index (χ4n) is 2.84. The molecular weight excluding hydrogens is 418 g/mol. The molecule has 1 aromatic heterocycles. The van der Waals surface area contributed by atoms with Crippen LogP contribution in [0.4, 0.5) is 5.69 Å². The maximum atomic E-state index is 13.2. The van der Waals surface area contributed by atoms with Gasteiger partial charge in [-0.25, -0.2) is 8.42 Å². The molecule has 0 saturated carbocycles. The van der Waals surface area contributed by atoms with Crippen LogP contribution in [0.5, 0.6) is 11.5 Å². The number of sulfonamides is 1. The van der Waals surface area contributed by atoms with E-state index in [0.29, 0.717) is 22.7 Å². The number of carbonyl (C=O) groups is 1. The molecular formula is C22H23N3O5S. The van der Waals surface area contributed by atoms with E-state index in [0.717, 1.165) is 4.31 Å². The predicted octanol–water partition coefficient (Wildman–Crippen LogP) is 2.93. The first kappa shape index (κ1) is 22.3. The minimum absolute atomic E-state index is 0.0112. The largest absolute Gasteiger partial charge is 0.497 e. The smallest absolute Gasteiger partial charge is 0.245 e. The van der Waals surface area contributed by atoms with Crippen molar-refractivity contribution in [2.75, 3.05) is 26.1 Å². The van der Waals surface area contributed by atoms with Gasteiger partial charge in [-0.15, -0.1) is 0 Å². The fourth-order valence-corrected chi connectivity index (χ4v) is 4.19. The van der Waals surface area contributed by atoms with Crippen molar-refractivity contribution < 1.29 is 22.7 Å². The van der Waals surface area contributed by atoms with Gasteiger partial charge in [-0.1, -0.05) is 12.1 Å². The summed E-state index contributed by atoms with van der Waals surface area (Å²) in [6, 6.07) is 16.7. The zero-order valence-electron chi connectivity index (χ0n) is 17.2. The first-order valence-electron chi connectivity index (χ1n) is 9.39. The number of hydrogen-bond donors (Lipinski definition) is 1. The van der Waals surface area contributed by atoms with Crippen molar-refractivity contribution in [1.82, 2.24) is 9.29 Å². The summed E-state index contributed by atoms with van der Waals surface area (Å²) in [6.45, 7) is -0.355. The number of methoxy groups -OCH3 is 2. The van der Waals surface area contributed by atoms with E-state index in [2.05, 4.69) is 10.3 Å². The number of rotatable bonds is 9. The van der Waals surface area contributed by atoms with Gasteiger partial charge in [0.05, 0.1) is 20.8 Å². The van der Waals surface area contributed by atoms with Gasteiger partial charge in [0, 0.05) is 24.6 Å². The lowest BCUT2D eigenvalue weighted by molar-refractivity contribution is -0.116. The summed E-state index contributed by atoms with van der Waals surface area (Å²) in [6.07, 6.45) is 2.75. The van der Waals surface area contributed by atoms with E-state index in [4.69, 9.17) is 9.47 Å². The minimum Gasteiger partial charge on any atom is -0.497 e. The zero-order valence-corrected chi connectivity index (χ0v) is 18.0. The van der Waals surface area contributed by atoms with Crippen molar-refractivity contribution in [3.05, 3.63) is 78.6 Å². The molecule has 0 aliphatic carbocycles. The lowest BCUT2D eigenvalue weighted by Crippen LogP contribution is -2.37. The van der Waals surface area contributed by atoms with Crippen molar-refractivity contribution in [3.63, 3.8) is 0 Å². The molecule has 0 atom stereocenters. The second-order valence-corrected chi connectivity index (χ2v) is 8.52. The third kappa shape index (κ3) is 5.80. The van der Waals surface area contributed by atoms with Crippen LogP contribution in [-0.4, -0.2) is 44.4 Å². The van der Waals surface area contributed by atoms with Crippen molar-refractivity contribution in [3.8, 4) is 11.5 Å². The van der Waals surface area contributed by atoms with Gasteiger partial charge in [0.1, 0.15) is 16.4 Å². The number of aromatic nitrogens is 1. The van der Waals surface area contributed by atoms with Crippen molar-refractivity contribution in [1.29, 1.82) is 0 Å². The molecule has 31 heavy (non-hydrogen) atoms. The third-order valence-corrected chi connectivity index (χ3v) is 6.26. The average molecular weight is 442 g/mol. The Morgan fingerprint density at radius 2 is 1.58 bits per heavy atom. The Labute approximate surface area is 181 Å². The molecule has 0 saturated heterocycles. The van der Waals surface area contributed by atoms with Gasteiger partial charge in [-0.2, -0.15) is 4.31 Å². The maximum absolute atomic E-state index is 13.2. The Bertz CT molecular complexity index is 1100. The predicted molar refractivity (Wildman–Crippen MR) is 116 cm³/mol. The Morgan fingerprint density at radius 1 is 0.968 bits per heavy atom. The molecule has 9 heteroatoms. The summed E-state index contributed by atoms with van der Waals surface area (Å²) < 4.78 is 37.8. The number of benzene rings is 2. The molecule has 1 amide bonds. The SMILES string of the molecule is COc1ccc(CN(CC(=O)Nc2ccc(OC)cc2)S(=O)(=O)c2cccnc2)cc1. The lowest BCUT2D eigenvalue weighted by Gasteiger charge is -2.22. The van der Waals surface area contributed by atoms with E-state index >= 15 is 0 Å². The Morgan fingerprint density at radius 3 is 2.13 bits per heavy atom. The highest BCUT2D eigenvalue weighted by atomic mass is 32.2. The van der Waals surface area contributed by atoms with Crippen LogP contribution < -0.4 is 14.8 Å². The lowest BCUT2D eigenvalue weighted by atomic mass is 10.2. The van der Waals surface area contributed by atoms with Crippen molar-refractivity contribution >= 4 is 21.6 Å². The number of hydrogen-bond acceptors (Lipinski definition) is 6. The van der Waals surface area contributed by atoms with Crippen LogP contribution in [0.15, 0.2) is 78.0 Å². The molecule has 0 bridgehead atoms. The minimum atomic E-state index is -3.95. The number of anilines is 1. The van der Waals surface area contributed by atoms with E-state index in [-0.39, 0.29) is 18.0 Å². The number of carbonyl (C=O) groups excluding carboxylic acids is 1. The highest BCUT2D eigenvalue weighted by molar-refractivity contribution is 7.89. The molecule has 3 rings (SSSR count). The fraction of sp³-hybridized carbons (Fsp3) is 0.182. The summed E-state index contributed by atoms with van der Waals surface area (Å²) in [5.74, 6) is 0.840. The molecule has 8 nitrogen and oxygen atoms in total. The summed E-state index contributed by atoms with van der Waals surface area (Å²) in [4.78, 5) is 16.6. The first-order chi connectivity index (χ1) is 14.9. The summed E-state index contributed by atoms with van der Waals surface area (Å²) in [7, 11) is -0.851. The summed E-state index contributed by atoms with van der Waals surface area (Å²) in [5, 5.41) is 2.72. The molecule has 0 fully saturated rings. The molecule has 1 heterocycles. The summed E-state index contributed by atoms with van der Waals surface area (Å²) in [5.41, 5.74) is 1.25. The molecule has 0 aliphatic heterocycles. The number of nitrogens with zero attached hydrogens (tertiary/aromatic N) is 2. The third-order valence-electron chi connectivity index (χ3n) is 4.48. The Hall–Kier alpha value is -3.43. The molecule has 0 aliphatic rings. The average Bonchev–Trinajstić information content (AvgIpc) is 2.80. The van der Waals surface area contributed by atoms with Gasteiger partial charge in [0.15, 0.2) is 0 Å². The zero-order chi connectivity index (χ0) is 22.3. The van der Waals surface area contributed by atoms with Crippen LogP contribution in [0.2, 0.25) is 0 Å². The number of ether oxygens (including phenoxy) is 2. The first-order valence-corrected chi connectivity index (χ1v) is 10.8. The molecule has 3 aromatic rings. The van der Waals surface area contributed by atoms with Crippen molar-refractivity contribution in [2.24, 2.45) is 0 Å². The molecule has 162 valence electrons. The van der Waals surface area contributed by atoms with Crippen LogP contribution in [0, 0.1) is 0 Å². The maximum Gasteiger partial charge on any atom is 0.245 e. The molecule has 0 radical (unpaired) electrons. The summed E-state index contributed by atoms with van der Waals surface area (Å²) >= 11 is 0. The molecule has 0 spiro atoms. The van der Waals surface area contributed by atoms with Crippen LogP contribution in [0.25, 0.3) is 0 Å². The second kappa shape index (κ2) is 10.1. The van der Waals surface area contributed by atoms with E-state index in [1.807, 2.05) is 0 Å². The van der Waals surface area contributed by atoms with E-state index in [9.17, 15) is 13.2 Å². The standard InChI is InChI=1S/C22H23N3O5S/c1-29-19-9-5-17(6-10-19)15-25(31(27,28)21-4-3-13-23-14-21)16-22(26)24-18-7-11-20(30-2)12-8-18/h3-14H,15-16H2,1-2H3,(H,24,26). The van der Waals surface area contributed by atoms with E-state index in [1.165, 1.54) is 24.5 Å². The molecule has 0 unspecified atom stereocenters. The van der Waals surface area contributed by atoms with Gasteiger partial charge in [-0.05, 0) is 54.1 Å². The highest BCUT2D eigenvalue weighted by Crippen LogP contribution is 2.20. The van der Waals surface area contributed by atoms with Gasteiger partial charge in [0.2, 0.25) is 15.9 Å².